The molecule has 1 heterocycles. The number of rotatable bonds is 5. The lowest BCUT2D eigenvalue weighted by Gasteiger charge is -2.12. The molecule has 0 aliphatic carbocycles. The third kappa shape index (κ3) is 3.04. The molecule has 2 aromatic carbocycles. The van der Waals surface area contributed by atoms with Crippen molar-refractivity contribution in [1.82, 2.24) is 4.57 Å². The minimum absolute atomic E-state index is 0.701. The second-order valence-electron chi connectivity index (χ2n) is 5.93. The number of hydrogen-bond acceptors (Lipinski definition) is 2. The van der Waals surface area contributed by atoms with Crippen LogP contribution in [-0.2, 0) is 11.8 Å². The number of para-hydroxylation sites is 1. The Kier molecular flexibility index (Phi) is 4.38. The lowest BCUT2D eigenvalue weighted by molar-refractivity contribution is -0.105. The van der Waals surface area contributed by atoms with E-state index < -0.39 is 0 Å². The van der Waals surface area contributed by atoms with Gasteiger partial charge in [0, 0.05) is 30.1 Å². The minimum atomic E-state index is 0.701. The largest absolute Gasteiger partial charge is 0.353 e. The first-order valence-electron chi connectivity index (χ1n) is 7.89. The van der Waals surface area contributed by atoms with Crippen molar-refractivity contribution >= 4 is 23.6 Å². The molecule has 0 atom stereocenters. The highest BCUT2D eigenvalue weighted by atomic mass is 16.1. The van der Waals surface area contributed by atoms with Crippen molar-refractivity contribution in [2.45, 2.75) is 13.8 Å². The molecule has 1 aromatic heterocycles. The summed E-state index contributed by atoms with van der Waals surface area (Å²) in [6.45, 7) is 4.07. The number of aryl methyl sites for hydroxylation is 2. The lowest BCUT2D eigenvalue weighted by atomic mass is 10.0. The normalized spacial score (nSPS) is 10.5. The fraction of sp³-hybridized carbons (Fsp3) is 0.150. The summed E-state index contributed by atoms with van der Waals surface area (Å²) in [5.41, 5.74) is 6.57. The van der Waals surface area contributed by atoms with Crippen molar-refractivity contribution < 1.29 is 4.79 Å². The fourth-order valence-corrected chi connectivity index (χ4v) is 2.86. The first kappa shape index (κ1) is 15.9. The van der Waals surface area contributed by atoms with Crippen LogP contribution < -0.4 is 10.6 Å². The molecule has 0 fully saturated rings. The predicted molar refractivity (Wildman–Crippen MR) is 99.7 cm³/mol. The van der Waals surface area contributed by atoms with E-state index in [1.807, 2.05) is 36.9 Å². The van der Waals surface area contributed by atoms with Gasteiger partial charge in [0.05, 0.1) is 5.69 Å². The molecule has 4 heteroatoms. The second kappa shape index (κ2) is 6.62. The maximum Gasteiger partial charge on any atom is 0.212 e. The van der Waals surface area contributed by atoms with Gasteiger partial charge in [0.1, 0.15) is 5.82 Å². The van der Waals surface area contributed by atoms with Crippen LogP contribution in [-0.4, -0.2) is 11.0 Å². The van der Waals surface area contributed by atoms with Crippen molar-refractivity contribution in [3.05, 3.63) is 65.9 Å². The second-order valence-corrected chi connectivity index (χ2v) is 5.93. The molecule has 0 unspecified atom stereocenters. The SMILES string of the molecule is Cc1ccc(-c2ccccc2Nc2cn(C)c(NC=O)c2C)cc1. The zero-order valence-corrected chi connectivity index (χ0v) is 14.1. The maximum atomic E-state index is 10.8. The molecule has 0 aliphatic rings. The molecular formula is C20H21N3O. The zero-order valence-electron chi connectivity index (χ0n) is 14.1. The molecular weight excluding hydrogens is 298 g/mol. The van der Waals surface area contributed by atoms with Crippen LogP contribution in [0.15, 0.2) is 54.7 Å². The first-order valence-corrected chi connectivity index (χ1v) is 7.89. The van der Waals surface area contributed by atoms with E-state index in [2.05, 4.69) is 54.0 Å². The number of aromatic nitrogens is 1. The third-order valence-electron chi connectivity index (χ3n) is 4.19. The summed E-state index contributed by atoms with van der Waals surface area (Å²) in [5.74, 6) is 0.792. The molecule has 1 amide bonds. The summed E-state index contributed by atoms with van der Waals surface area (Å²) in [4.78, 5) is 10.8. The van der Waals surface area contributed by atoms with E-state index in [0.717, 1.165) is 28.3 Å². The van der Waals surface area contributed by atoms with E-state index in [4.69, 9.17) is 0 Å². The van der Waals surface area contributed by atoms with Crippen molar-refractivity contribution in [2.24, 2.45) is 7.05 Å². The Bertz CT molecular complexity index is 863. The average molecular weight is 319 g/mol. The van der Waals surface area contributed by atoms with Gasteiger partial charge in [-0.05, 0) is 25.5 Å². The Morgan fingerprint density at radius 3 is 2.38 bits per heavy atom. The average Bonchev–Trinajstić information content (AvgIpc) is 2.84. The van der Waals surface area contributed by atoms with Gasteiger partial charge < -0.3 is 15.2 Å². The molecule has 0 aliphatic heterocycles. The molecule has 0 bridgehead atoms. The van der Waals surface area contributed by atoms with Crippen molar-refractivity contribution in [3.63, 3.8) is 0 Å². The van der Waals surface area contributed by atoms with Crippen LogP contribution >= 0.6 is 0 Å². The highest BCUT2D eigenvalue weighted by Crippen LogP contribution is 2.33. The van der Waals surface area contributed by atoms with Gasteiger partial charge >= 0.3 is 0 Å². The van der Waals surface area contributed by atoms with Crippen LogP contribution in [0.5, 0.6) is 0 Å². The number of anilines is 3. The van der Waals surface area contributed by atoms with Crippen LogP contribution in [0.2, 0.25) is 0 Å². The number of hydrogen-bond donors (Lipinski definition) is 2. The van der Waals surface area contributed by atoms with Gasteiger partial charge in [0.15, 0.2) is 0 Å². The van der Waals surface area contributed by atoms with E-state index in [0.29, 0.717) is 6.41 Å². The van der Waals surface area contributed by atoms with E-state index in [1.54, 1.807) is 0 Å². The third-order valence-corrected chi connectivity index (χ3v) is 4.19. The van der Waals surface area contributed by atoms with Crippen LogP contribution in [0.1, 0.15) is 11.1 Å². The molecule has 0 saturated carbocycles. The minimum Gasteiger partial charge on any atom is -0.353 e. The molecule has 0 radical (unpaired) electrons. The smallest absolute Gasteiger partial charge is 0.212 e. The van der Waals surface area contributed by atoms with E-state index in [1.165, 1.54) is 11.1 Å². The molecule has 4 nitrogen and oxygen atoms in total. The molecule has 0 saturated heterocycles. The standard InChI is InChI=1S/C20H21N3O/c1-14-8-10-16(11-9-14)17-6-4-5-7-18(17)22-19-12-23(3)20(15(19)2)21-13-24/h4-13,22H,1-3H3,(H,21,24). The molecule has 24 heavy (non-hydrogen) atoms. The molecule has 122 valence electrons. The summed E-state index contributed by atoms with van der Waals surface area (Å²) >= 11 is 0. The van der Waals surface area contributed by atoms with Gasteiger partial charge in [-0.2, -0.15) is 0 Å². The number of benzene rings is 2. The monoisotopic (exact) mass is 319 g/mol. The Hall–Kier alpha value is -3.01. The molecule has 0 spiro atoms. The van der Waals surface area contributed by atoms with Crippen molar-refractivity contribution in [2.75, 3.05) is 10.6 Å². The molecule has 3 rings (SSSR count). The maximum absolute atomic E-state index is 10.8. The summed E-state index contributed by atoms with van der Waals surface area (Å²) < 4.78 is 1.90. The van der Waals surface area contributed by atoms with Crippen LogP contribution in [0.4, 0.5) is 17.2 Å². The highest BCUT2D eigenvalue weighted by molar-refractivity contribution is 5.84. The van der Waals surface area contributed by atoms with Gasteiger partial charge in [-0.1, -0.05) is 48.0 Å². The van der Waals surface area contributed by atoms with Gasteiger partial charge in [-0.3, -0.25) is 4.79 Å². The molecule has 3 aromatic rings. The summed E-state index contributed by atoms with van der Waals surface area (Å²) in [7, 11) is 1.91. The zero-order chi connectivity index (χ0) is 17.1. The number of nitrogens with one attached hydrogen (secondary N) is 2. The number of carbonyl (C=O) groups excluding carboxylic acids is 1. The summed E-state index contributed by atoms with van der Waals surface area (Å²) in [6, 6.07) is 16.7. The predicted octanol–water partition coefficient (Wildman–Crippen LogP) is 4.62. The lowest BCUT2D eigenvalue weighted by Crippen LogP contribution is -2.01. The first-order chi connectivity index (χ1) is 11.6. The van der Waals surface area contributed by atoms with Crippen LogP contribution in [0.25, 0.3) is 11.1 Å². The summed E-state index contributed by atoms with van der Waals surface area (Å²) in [5, 5.41) is 6.24. The van der Waals surface area contributed by atoms with Crippen LogP contribution in [0.3, 0.4) is 0 Å². The fourth-order valence-electron chi connectivity index (χ4n) is 2.86. The Morgan fingerprint density at radius 1 is 0.958 bits per heavy atom. The van der Waals surface area contributed by atoms with E-state index in [-0.39, 0.29) is 0 Å². The van der Waals surface area contributed by atoms with Gasteiger partial charge in [0.2, 0.25) is 6.41 Å². The van der Waals surface area contributed by atoms with Crippen molar-refractivity contribution in [1.29, 1.82) is 0 Å². The number of amides is 1. The van der Waals surface area contributed by atoms with Gasteiger partial charge in [-0.25, -0.2) is 0 Å². The summed E-state index contributed by atoms with van der Waals surface area (Å²) in [6.07, 6.45) is 2.68. The van der Waals surface area contributed by atoms with Gasteiger partial charge in [-0.15, -0.1) is 0 Å². The number of carbonyl (C=O) groups is 1. The quantitative estimate of drug-likeness (QED) is 0.674. The Morgan fingerprint density at radius 2 is 1.67 bits per heavy atom. The Labute approximate surface area is 142 Å². The Balaban J connectivity index is 1.98. The van der Waals surface area contributed by atoms with Crippen molar-refractivity contribution in [3.8, 4) is 11.1 Å². The number of nitrogens with zero attached hydrogens (tertiary/aromatic N) is 1. The molecule has 2 N–H and O–H groups in total. The van der Waals surface area contributed by atoms with Gasteiger partial charge in [0.25, 0.3) is 0 Å². The topological polar surface area (TPSA) is 46.1 Å². The van der Waals surface area contributed by atoms with E-state index in [9.17, 15) is 4.79 Å². The van der Waals surface area contributed by atoms with Crippen LogP contribution in [0, 0.1) is 13.8 Å². The van der Waals surface area contributed by atoms with E-state index >= 15 is 0 Å². The highest BCUT2D eigenvalue weighted by Gasteiger charge is 2.12.